The molecule has 0 saturated carbocycles. The fourth-order valence-electron chi connectivity index (χ4n) is 7.49. The Morgan fingerprint density at radius 1 is 0.500 bits per heavy atom. The summed E-state index contributed by atoms with van der Waals surface area (Å²) in [5.74, 6) is 1.02. The number of aryl methyl sites for hydroxylation is 2. The number of hydrogen-bond donors (Lipinski definition) is 0. The minimum atomic E-state index is -0.553. The molecule has 0 aliphatic rings. The molecule has 0 amide bonds. The van der Waals surface area contributed by atoms with Gasteiger partial charge in [-0.05, 0) is 50.6 Å². The summed E-state index contributed by atoms with van der Waals surface area (Å²) in [4.78, 5) is 5.00. The average Bonchev–Trinajstić information content (AvgIpc) is 3.69. The molecule has 0 fully saturated rings. The van der Waals surface area contributed by atoms with Crippen LogP contribution >= 0.6 is 0 Å². The van der Waals surface area contributed by atoms with E-state index in [1.54, 1.807) is 0 Å². The molecule has 0 N–H and O–H groups in total. The zero-order chi connectivity index (χ0) is 44.1. The molecule has 0 atom stereocenters. The number of benzene rings is 7. The Labute approximate surface area is 384 Å². The van der Waals surface area contributed by atoms with Crippen molar-refractivity contribution in [3.05, 3.63) is 216 Å². The predicted octanol–water partition coefficient (Wildman–Crippen LogP) is 16.1. The first-order valence-corrected chi connectivity index (χ1v) is 24.0. The SMILES string of the molecule is CC(C)c1cccc(C(C)C)c1[N]=[Mo+2]=[CH]C(C)(C)c1ccccc1.Cc1ccc(C)[n-]1.[S-]c1c(-c2ccccc2)c(-c2ccccc2)cc(-c2ccccc2)c1-c1ccccc1. The maximum atomic E-state index is 6.23. The van der Waals surface area contributed by atoms with Crippen molar-refractivity contribution >= 4 is 22.7 Å². The second kappa shape index (κ2) is 22.0. The number of nitrogens with zero attached hydrogens (tertiary/aromatic N) is 2. The second-order valence-electron chi connectivity index (χ2n) is 16.7. The number of rotatable bonds is 9. The van der Waals surface area contributed by atoms with Crippen LogP contribution in [-0.4, -0.2) is 4.40 Å². The Hall–Kier alpha value is -5.60. The molecule has 0 aliphatic heterocycles. The first-order chi connectivity index (χ1) is 29.9. The molecule has 7 aromatic carbocycles. The summed E-state index contributed by atoms with van der Waals surface area (Å²) in [6.07, 6.45) is 0. The van der Waals surface area contributed by atoms with Crippen molar-refractivity contribution in [3.8, 4) is 44.5 Å². The molecule has 1 aromatic heterocycles. The third kappa shape index (κ3) is 11.9. The van der Waals surface area contributed by atoms with Crippen molar-refractivity contribution in [1.29, 1.82) is 0 Å². The van der Waals surface area contributed by atoms with Gasteiger partial charge in [-0.25, -0.2) is 0 Å². The van der Waals surface area contributed by atoms with Gasteiger partial charge in [0.25, 0.3) is 0 Å². The van der Waals surface area contributed by atoms with Crippen LogP contribution in [0.2, 0.25) is 0 Å². The fourth-order valence-corrected chi connectivity index (χ4v) is 9.83. The molecule has 312 valence electrons. The van der Waals surface area contributed by atoms with E-state index in [4.69, 9.17) is 16.1 Å². The maximum absolute atomic E-state index is 6.23. The molecule has 0 saturated heterocycles. The Morgan fingerprint density at radius 2 is 0.871 bits per heavy atom. The van der Waals surface area contributed by atoms with Crippen LogP contribution in [0.25, 0.3) is 44.5 Å². The van der Waals surface area contributed by atoms with E-state index in [1.807, 2.05) is 38.1 Å². The molecule has 0 radical (unpaired) electrons. The van der Waals surface area contributed by atoms with Gasteiger partial charge in [0, 0.05) is 0 Å². The first kappa shape index (κ1) is 45.9. The summed E-state index contributed by atoms with van der Waals surface area (Å²) in [6.45, 7) is 17.6. The van der Waals surface area contributed by atoms with Gasteiger partial charge in [0.15, 0.2) is 0 Å². The Morgan fingerprint density at radius 3 is 1.23 bits per heavy atom. The zero-order valence-corrected chi connectivity index (χ0v) is 40.2. The zero-order valence-electron chi connectivity index (χ0n) is 37.3. The quantitative estimate of drug-likeness (QED) is 0.107. The van der Waals surface area contributed by atoms with Crippen LogP contribution in [0, 0.1) is 13.8 Å². The molecule has 0 bridgehead atoms. The molecule has 0 aliphatic carbocycles. The summed E-state index contributed by atoms with van der Waals surface area (Å²) in [5.41, 5.74) is 16.9. The minimum Gasteiger partial charge on any atom is -0.778 e. The molecule has 0 unspecified atom stereocenters. The van der Waals surface area contributed by atoms with Gasteiger partial charge in [0.1, 0.15) is 0 Å². The minimum absolute atomic E-state index is 0.0811. The normalized spacial score (nSPS) is 10.9. The molecular formula is C58H58MoN2S. The van der Waals surface area contributed by atoms with Gasteiger partial charge in [0.05, 0.1) is 0 Å². The van der Waals surface area contributed by atoms with Crippen molar-refractivity contribution < 1.29 is 17.9 Å². The van der Waals surface area contributed by atoms with E-state index in [-0.39, 0.29) is 5.41 Å². The largest absolute Gasteiger partial charge is 0.778 e. The van der Waals surface area contributed by atoms with Gasteiger partial charge in [-0.2, -0.15) is 16.3 Å². The van der Waals surface area contributed by atoms with Gasteiger partial charge in [0.2, 0.25) is 0 Å². The standard InChI is InChI=1S/C30H22S.C12H17N.C10H12.C6H8N.Mo/c31-30-28(24-17-9-3-10-18-24)26(22-13-5-1-6-14-22)21-27(23-15-7-2-8-16-23)29(30)25-19-11-4-12-20-25;1-8(2)10-6-5-7-11(9(3)4)12(10)13;1-10(2,3)9-7-5-4-6-8-9;1-5-3-4-6(2)7-5;/h1-21,31H;5-9H,1-4H3;1,4-8H,2-3H3;3-4H,1-2H3;/q;;;-1;+2/p-1. The molecule has 2 nitrogen and oxygen atoms in total. The molecule has 1 heterocycles. The number of hydrogen-bond acceptors (Lipinski definition) is 2. The molecule has 62 heavy (non-hydrogen) atoms. The van der Waals surface area contributed by atoms with Crippen LogP contribution in [0.4, 0.5) is 5.69 Å². The smallest absolute Gasteiger partial charge is 0.0114 e. The second-order valence-corrected chi connectivity index (χ2v) is 18.7. The average molecular weight is 911 g/mol. The molecule has 4 heteroatoms. The van der Waals surface area contributed by atoms with Crippen LogP contribution in [0.1, 0.15) is 81.5 Å². The van der Waals surface area contributed by atoms with Gasteiger partial charge in [-0.15, -0.1) is 0 Å². The molecular weight excluding hydrogens is 853 g/mol. The fraction of sp³-hybridized carbons (Fsp3) is 0.190. The Kier molecular flexibility index (Phi) is 16.3. The topological polar surface area (TPSA) is 26.5 Å². The van der Waals surface area contributed by atoms with Gasteiger partial charge < -0.3 is 17.6 Å². The third-order valence-corrected chi connectivity index (χ3v) is 13.7. The Bertz CT molecular complexity index is 2550. The van der Waals surface area contributed by atoms with E-state index in [9.17, 15) is 0 Å². The number of aromatic nitrogens is 1. The third-order valence-electron chi connectivity index (χ3n) is 10.8. The Balaban J connectivity index is 0.000000183. The van der Waals surface area contributed by atoms with Crippen molar-refractivity contribution in [1.82, 2.24) is 4.98 Å². The van der Waals surface area contributed by atoms with E-state index >= 15 is 0 Å². The van der Waals surface area contributed by atoms with Crippen molar-refractivity contribution in [2.75, 3.05) is 0 Å². The predicted molar refractivity (Wildman–Crippen MR) is 265 cm³/mol. The maximum Gasteiger partial charge on any atom is -0.0114 e. The van der Waals surface area contributed by atoms with Crippen LogP contribution in [0.3, 0.4) is 0 Å². The van der Waals surface area contributed by atoms with Gasteiger partial charge in [-0.1, -0.05) is 147 Å². The van der Waals surface area contributed by atoms with Crippen molar-refractivity contribution in [2.45, 2.75) is 77.5 Å². The van der Waals surface area contributed by atoms with E-state index in [2.05, 4.69) is 215 Å². The molecule has 8 rings (SSSR count). The summed E-state index contributed by atoms with van der Waals surface area (Å²) >= 11 is 5.68. The molecule has 0 spiro atoms. The van der Waals surface area contributed by atoms with E-state index in [0.717, 1.165) is 49.7 Å². The summed E-state index contributed by atoms with van der Waals surface area (Å²) in [6, 6.07) is 65.8. The van der Waals surface area contributed by atoms with Gasteiger partial charge in [-0.3, -0.25) is 0 Å². The first-order valence-electron chi connectivity index (χ1n) is 21.5. The van der Waals surface area contributed by atoms with Crippen LogP contribution in [0.5, 0.6) is 0 Å². The van der Waals surface area contributed by atoms with Crippen LogP contribution in [0.15, 0.2) is 196 Å². The molecule has 8 aromatic rings. The summed E-state index contributed by atoms with van der Waals surface area (Å²) in [5, 5.41) is 0. The van der Waals surface area contributed by atoms with Crippen LogP contribution < -0.4 is 4.98 Å². The van der Waals surface area contributed by atoms with E-state index in [1.165, 1.54) is 33.5 Å². The summed E-state index contributed by atoms with van der Waals surface area (Å²) in [7, 11) is 0. The van der Waals surface area contributed by atoms with Crippen molar-refractivity contribution in [3.63, 3.8) is 0 Å². The monoisotopic (exact) mass is 912 g/mol. The van der Waals surface area contributed by atoms with Crippen LogP contribution in [-0.2, 0) is 36.0 Å². The van der Waals surface area contributed by atoms with E-state index < -0.39 is 17.9 Å². The van der Waals surface area contributed by atoms with Gasteiger partial charge >= 0.3 is 156 Å². The van der Waals surface area contributed by atoms with E-state index in [0.29, 0.717) is 11.8 Å². The summed E-state index contributed by atoms with van der Waals surface area (Å²) < 4.78 is 7.59. The van der Waals surface area contributed by atoms with Crippen molar-refractivity contribution in [2.24, 2.45) is 3.50 Å².